The quantitative estimate of drug-likeness (QED) is 0.886. The molecule has 1 nitrogen and oxygen atoms in total. The van der Waals surface area contributed by atoms with Crippen molar-refractivity contribution in [1.82, 2.24) is 0 Å². The second-order valence-electron chi connectivity index (χ2n) is 3.55. The van der Waals surface area contributed by atoms with Gasteiger partial charge < -0.3 is 5.73 Å². The van der Waals surface area contributed by atoms with Crippen LogP contribution in [-0.4, -0.2) is 11.8 Å². The summed E-state index contributed by atoms with van der Waals surface area (Å²) < 4.78 is 36.8. The molecular formula is C11H14F3NS. The first kappa shape index (κ1) is 13.4. The van der Waals surface area contributed by atoms with Crippen LogP contribution in [0.1, 0.15) is 18.1 Å². The molecule has 16 heavy (non-hydrogen) atoms. The lowest BCUT2D eigenvalue weighted by atomic mass is 10.1. The monoisotopic (exact) mass is 249 g/mol. The van der Waals surface area contributed by atoms with Gasteiger partial charge in [-0.25, -0.2) is 0 Å². The van der Waals surface area contributed by atoms with Crippen LogP contribution < -0.4 is 5.73 Å². The van der Waals surface area contributed by atoms with Gasteiger partial charge in [-0.1, -0.05) is 19.1 Å². The fraction of sp³-hybridized carbons (Fsp3) is 0.455. The van der Waals surface area contributed by atoms with Crippen LogP contribution in [0.15, 0.2) is 24.3 Å². The minimum atomic E-state index is -4.25. The third kappa shape index (κ3) is 4.06. The molecule has 1 aromatic carbocycles. The molecule has 0 saturated heterocycles. The molecule has 0 radical (unpaired) electrons. The van der Waals surface area contributed by atoms with Crippen LogP contribution in [-0.2, 0) is 11.9 Å². The first-order chi connectivity index (χ1) is 7.43. The van der Waals surface area contributed by atoms with Crippen LogP contribution >= 0.6 is 11.8 Å². The van der Waals surface area contributed by atoms with Crippen molar-refractivity contribution in [2.75, 3.05) is 6.54 Å². The summed E-state index contributed by atoms with van der Waals surface area (Å²) >= 11 is 1.64. The Hall–Kier alpha value is -0.680. The molecule has 1 unspecified atom stereocenters. The van der Waals surface area contributed by atoms with E-state index in [4.69, 9.17) is 5.73 Å². The van der Waals surface area contributed by atoms with E-state index < -0.39 is 11.7 Å². The third-order valence-electron chi connectivity index (χ3n) is 2.15. The second kappa shape index (κ2) is 5.59. The molecule has 5 heteroatoms. The van der Waals surface area contributed by atoms with Crippen LogP contribution in [0.3, 0.4) is 0 Å². The van der Waals surface area contributed by atoms with E-state index in [1.807, 2.05) is 6.92 Å². The highest BCUT2D eigenvalue weighted by Crippen LogP contribution is 2.29. The van der Waals surface area contributed by atoms with Gasteiger partial charge in [0.2, 0.25) is 0 Å². The van der Waals surface area contributed by atoms with E-state index in [-0.39, 0.29) is 0 Å². The second-order valence-corrected chi connectivity index (χ2v) is 4.98. The Bertz CT molecular complexity index is 321. The zero-order chi connectivity index (χ0) is 12.2. The predicted octanol–water partition coefficient (Wildman–Crippen LogP) is 3.29. The highest BCUT2D eigenvalue weighted by atomic mass is 32.2. The van der Waals surface area contributed by atoms with Gasteiger partial charge in [-0.15, -0.1) is 0 Å². The number of rotatable bonds is 4. The van der Waals surface area contributed by atoms with Gasteiger partial charge in [-0.05, 0) is 17.7 Å². The largest absolute Gasteiger partial charge is 0.416 e. The van der Waals surface area contributed by atoms with Gasteiger partial charge in [0.1, 0.15) is 0 Å². The lowest BCUT2D eigenvalue weighted by Gasteiger charge is -2.09. The van der Waals surface area contributed by atoms with Crippen LogP contribution in [0, 0.1) is 0 Å². The van der Waals surface area contributed by atoms with Crippen LogP contribution in [0.2, 0.25) is 0 Å². The summed E-state index contributed by atoms with van der Waals surface area (Å²) in [5, 5.41) is 0.322. The standard InChI is InChI=1S/C11H14F3NS/c1-8(6-15)16-7-9-2-4-10(5-3-9)11(12,13)14/h2-5,8H,6-7,15H2,1H3. The van der Waals surface area contributed by atoms with E-state index in [0.717, 1.165) is 17.7 Å². The topological polar surface area (TPSA) is 26.0 Å². The Morgan fingerprint density at radius 2 is 1.81 bits per heavy atom. The van der Waals surface area contributed by atoms with Gasteiger partial charge >= 0.3 is 6.18 Å². The number of thioether (sulfide) groups is 1. The van der Waals surface area contributed by atoms with Gasteiger partial charge in [0.15, 0.2) is 0 Å². The number of alkyl halides is 3. The molecule has 0 aliphatic rings. The maximum Gasteiger partial charge on any atom is 0.416 e. The molecule has 0 saturated carbocycles. The zero-order valence-corrected chi connectivity index (χ0v) is 9.74. The zero-order valence-electron chi connectivity index (χ0n) is 8.92. The molecule has 2 N–H and O–H groups in total. The van der Waals surface area contributed by atoms with Crippen molar-refractivity contribution in [2.24, 2.45) is 5.73 Å². The molecule has 0 amide bonds. The minimum Gasteiger partial charge on any atom is -0.329 e. The molecular weight excluding hydrogens is 235 g/mol. The summed E-state index contributed by atoms with van der Waals surface area (Å²) in [6, 6.07) is 5.25. The SMILES string of the molecule is CC(CN)SCc1ccc(C(F)(F)F)cc1. The fourth-order valence-corrected chi connectivity index (χ4v) is 1.90. The number of hydrogen-bond donors (Lipinski definition) is 1. The summed E-state index contributed by atoms with van der Waals surface area (Å²) in [5.41, 5.74) is 5.73. The van der Waals surface area contributed by atoms with Crippen molar-refractivity contribution < 1.29 is 13.2 Å². The lowest BCUT2D eigenvalue weighted by Crippen LogP contribution is -2.12. The van der Waals surface area contributed by atoms with E-state index in [1.165, 1.54) is 12.1 Å². The van der Waals surface area contributed by atoms with E-state index >= 15 is 0 Å². The number of benzene rings is 1. The normalized spacial score (nSPS) is 13.8. The molecule has 90 valence electrons. The highest BCUT2D eigenvalue weighted by Gasteiger charge is 2.29. The number of halogens is 3. The van der Waals surface area contributed by atoms with Gasteiger partial charge in [-0.2, -0.15) is 24.9 Å². The van der Waals surface area contributed by atoms with Crippen LogP contribution in [0.4, 0.5) is 13.2 Å². The molecule has 0 spiro atoms. The molecule has 0 aliphatic heterocycles. The van der Waals surface area contributed by atoms with Crippen molar-refractivity contribution in [3.63, 3.8) is 0 Å². The molecule has 0 aliphatic carbocycles. The first-order valence-corrected chi connectivity index (χ1v) is 5.96. The summed E-state index contributed by atoms with van der Waals surface area (Å²) in [5.74, 6) is 0.691. The van der Waals surface area contributed by atoms with Crippen LogP contribution in [0.25, 0.3) is 0 Å². The van der Waals surface area contributed by atoms with E-state index in [1.54, 1.807) is 11.8 Å². The van der Waals surface area contributed by atoms with Crippen molar-refractivity contribution in [3.05, 3.63) is 35.4 Å². The van der Waals surface area contributed by atoms with Crippen molar-refractivity contribution in [1.29, 1.82) is 0 Å². The minimum absolute atomic E-state index is 0.322. The molecule has 0 fully saturated rings. The Morgan fingerprint density at radius 1 is 1.25 bits per heavy atom. The Morgan fingerprint density at radius 3 is 2.25 bits per heavy atom. The van der Waals surface area contributed by atoms with Gasteiger partial charge in [-0.3, -0.25) is 0 Å². The molecule has 1 atom stereocenters. The first-order valence-electron chi connectivity index (χ1n) is 4.91. The third-order valence-corrected chi connectivity index (χ3v) is 3.41. The number of nitrogens with two attached hydrogens (primary N) is 1. The van der Waals surface area contributed by atoms with E-state index in [0.29, 0.717) is 17.5 Å². The molecule has 0 heterocycles. The summed E-state index contributed by atoms with van der Waals surface area (Å²) in [4.78, 5) is 0. The molecule has 0 bridgehead atoms. The Kier molecular flexibility index (Phi) is 4.68. The smallest absolute Gasteiger partial charge is 0.329 e. The van der Waals surface area contributed by atoms with E-state index in [9.17, 15) is 13.2 Å². The fourth-order valence-electron chi connectivity index (χ4n) is 1.10. The predicted molar refractivity (Wildman–Crippen MR) is 61.3 cm³/mol. The van der Waals surface area contributed by atoms with Gasteiger partial charge in [0, 0.05) is 17.5 Å². The molecule has 0 aromatic heterocycles. The van der Waals surface area contributed by atoms with Gasteiger partial charge in [0.05, 0.1) is 5.56 Å². The molecule has 1 aromatic rings. The maximum atomic E-state index is 12.3. The van der Waals surface area contributed by atoms with Crippen molar-refractivity contribution in [2.45, 2.75) is 24.1 Å². The van der Waals surface area contributed by atoms with Crippen molar-refractivity contribution in [3.8, 4) is 0 Å². The lowest BCUT2D eigenvalue weighted by molar-refractivity contribution is -0.137. The highest BCUT2D eigenvalue weighted by molar-refractivity contribution is 7.99. The van der Waals surface area contributed by atoms with Crippen LogP contribution in [0.5, 0.6) is 0 Å². The molecule has 1 rings (SSSR count). The Balaban J connectivity index is 2.58. The summed E-state index contributed by atoms with van der Waals surface area (Å²) in [6.45, 7) is 2.57. The average Bonchev–Trinajstić information content (AvgIpc) is 2.25. The summed E-state index contributed by atoms with van der Waals surface area (Å²) in [7, 11) is 0. The van der Waals surface area contributed by atoms with Crippen molar-refractivity contribution >= 4 is 11.8 Å². The van der Waals surface area contributed by atoms with Gasteiger partial charge in [0.25, 0.3) is 0 Å². The number of hydrogen-bond acceptors (Lipinski definition) is 2. The Labute approximate surface area is 97.2 Å². The van der Waals surface area contributed by atoms with E-state index in [2.05, 4.69) is 0 Å². The maximum absolute atomic E-state index is 12.3. The average molecular weight is 249 g/mol. The summed E-state index contributed by atoms with van der Waals surface area (Å²) in [6.07, 6.45) is -4.25.